The van der Waals surface area contributed by atoms with E-state index in [1.807, 2.05) is 12.1 Å². The molecular weight excluding hydrogens is 204 g/mol. The molecule has 0 atom stereocenters. The molecule has 1 heterocycles. The fourth-order valence-electron chi connectivity index (χ4n) is 2.22. The normalized spacial score (nSPS) is 18.5. The number of carboxylic acids is 1. The Morgan fingerprint density at radius 3 is 2.81 bits per heavy atom. The molecular formula is C12H16N2O2. The Bertz CT molecular complexity index is 359. The molecule has 4 nitrogen and oxygen atoms in total. The Balaban J connectivity index is 2.00. The van der Waals surface area contributed by atoms with E-state index < -0.39 is 11.5 Å². The van der Waals surface area contributed by atoms with E-state index in [0.717, 1.165) is 31.2 Å². The van der Waals surface area contributed by atoms with Crippen LogP contribution in [0.15, 0.2) is 24.5 Å². The fourth-order valence-corrected chi connectivity index (χ4v) is 2.22. The zero-order valence-corrected chi connectivity index (χ0v) is 9.15. The van der Waals surface area contributed by atoms with Gasteiger partial charge in [-0.1, -0.05) is 18.9 Å². The van der Waals surface area contributed by atoms with Crippen molar-refractivity contribution in [3.05, 3.63) is 30.1 Å². The lowest BCUT2D eigenvalue weighted by Crippen LogP contribution is -2.49. The third kappa shape index (κ3) is 2.22. The highest BCUT2D eigenvalue weighted by Crippen LogP contribution is 2.30. The first kappa shape index (κ1) is 11.1. The van der Waals surface area contributed by atoms with E-state index in [2.05, 4.69) is 10.3 Å². The standard InChI is InChI=1S/C12H16N2O2/c15-11(16)12(5-1-2-6-12)14-9-10-4-3-7-13-8-10/h3-4,7-8,14H,1-2,5-6,9H2,(H,15,16). The van der Waals surface area contributed by atoms with Crippen molar-refractivity contribution in [1.29, 1.82) is 0 Å². The van der Waals surface area contributed by atoms with Crippen LogP contribution in [0.2, 0.25) is 0 Å². The lowest BCUT2D eigenvalue weighted by molar-refractivity contribution is -0.144. The minimum atomic E-state index is -0.728. The topological polar surface area (TPSA) is 62.2 Å². The summed E-state index contributed by atoms with van der Waals surface area (Å²) in [7, 11) is 0. The average molecular weight is 220 g/mol. The Morgan fingerprint density at radius 1 is 1.50 bits per heavy atom. The van der Waals surface area contributed by atoms with Gasteiger partial charge in [0.05, 0.1) is 0 Å². The van der Waals surface area contributed by atoms with Crippen LogP contribution < -0.4 is 5.32 Å². The van der Waals surface area contributed by atoms with E-state index in [4.69, 9.17) is 0 Å². The average Bonchev–Trinajstić information content (AvgIpc) is 2.78. The second kappa shape index (κ2) is 4.61. The third-order valence-electron chi connectivity index (χ3n) is 3.22. The van der Waals surface area contributed by atoms with Gasteiger partial charge in [-0.3, -0.25) is 15.1 Å². The van der Waals surface area contributed by atoms with E-state index in [0.29, 0.717) is 6.54 Å². The molecule has 0 aromatic carbocycles. The highest BCUT2D eigenvalue weighted by Gasteiger charge is 2.40. The lowest BCUT2D eigenvalue weighted by atomic mass is 9.97. The quantitative estimate of drug-likeness (QED) is 0.808. The number of carboxylic acid groups (broad SMARTS) is 1. The maximum Gasteiger partial charge on any atom is 0.323 e. The molecule has 0 unspecified atom stereocenters. The third-order valence-corrected chi connectivity index (χ3v) is 3.22. The molecule has 0 amide bonds. The maximum absolute atomic E-state index is 11.3. The molecule has 1 aliphatic carbocycles. The van der Waals surface area contributed by atoms with Crippen LogP contribution in [0.4, 0.5) is 0 Å². The van der Waals surface area contributed by atoms with Crippen LogP contribution in [-0.4, -0.2) is 21.6 Å². The Kier molecular flexibility index (Phi) is 3.19. The van der Waals surface area contributed by atoms with Gasteiger partial charge in [-0.25, -0.2) is 0 Å². The fraction of sp³-hybridized carbons (Fsp3) is 0.500. The molecule has 0 spiro atoms. The molecule has 86 valence electrons. The number of hydrogen-bond acceptors (Lipinski definition) is 3. The molecule has 2 N–H and O–H groups in total. The molecule has 4 heteroatoms. The first-order valence-electron chi connectivity index (χ1n) is 5.60. The van der Waals surface area contributed by atoms with Gasteiger partial charge in [0.1, 0.15) is 5.54 Å². The van der Waals surface area contributed by atoms with Crippen LogP contribution in [0.5, 0.6) is 0 Å². The smallest absolute Gasteiger partial charge is 0.323 e. The Morgan fingerprint density at radius 2 is 2.25 bits per heavy atom. The number of aliphatic carboxylic acids is 1. The van der Waals surface area contributed by atoms with Crippen LogP contribution in [0.1, 0.15) is 31.2 Å². The molecule has 2 rings (SSSR count). The van der Waals surface area contributed by atoms with E-state index in [9.17, 15) is 9.90 Å². The van der Waals surface area contributed by atoms with Gasteiger partial charge in [-0.15, -0.1) is 0 Å². The number of rotatable bonds is 4. The van der Waals surface area contributed by atoms with Crippen LogP contribution >= 0.6 is 0 Å². The summed E-state index contributed by atoms with van der Waals surface area (Å²) >= 11 is 0. The van der Waals surface area contributed by atoms with Gasteiger partial charge < -0.3 is 5.11 Å². The van der Waals surface area contributed by atoms with E-state index in [1.165, 1.54) is 0 Å². The van der Waals surface area contributed by atoms with Crippen molar-refractivity contribution >= 4 is 5.97 Å². The van der Waals surface area contributed by atoms with Crippen molar-refractivity contribution in [1.82, 2.24) is 10.3 Å². The van der Waals surface area contributed by atoms with Gasteiger partial charge in [0.2, 0.25) is 0 Å². The highest BCUT2D eigenvalue weighted by molar-refractivity contribution is 5.79. The van der Waals surface area contributed by atoms with Crippen molar-refractivity contribution in [2.75, 3.05) is 0 Å². The minimum Gasteiger partial charge on any atom is -0.480 e. The zero-order chi connectivity index (χ0) is 11.4. The van der Waals surface area contributed by atoms with Crippen LogP contribution in [-0.2, 0) is 11.3 Å². The summed E-state index contributed by atoms with van der Waals surface area (Å²) in [6.45, 7) is 0.570. The summed E-state index contributed by atoms with van der Waals surface area (Å²) < 4.78 is 0. The SMILES string of the molecule is O=C(O)C1(NCc2cccnc2)CCCC1. The molecule has 1 aliphatic rings. The molecule has 0 bridgehead atoms. The second-order valence-electron chi connectivity index (χ2n) is 4.31. The van der Waals surface area contributed by atoms with Crippen molar-refractivity contribution in [3.8, 4) is 0 Å². The van der Waals surface area contributed by atoms with Gasteiger partial charge >= 0.3 is 5.97 Å². The maximum atomic E-state index is 11.3. The van der Waals surface area contributed by atoms with Gasteiger partial charge in [0.25, 0.3) is 0 Å². The predicted octanol–water partition coefficient (Wildman–Crippen LogP) is 1.57. The molecule has 1 aromatic heterocycles. The highest BCUT2D eigenvalue weighted by atomic mass is 16.4. The molecule has 0 saturated heterocycles. The second-order valence-corrected chi connectivity index (χ2v) is 4.31. The summed E-state index contributed by atoms with van der Waals surface area (Å²) in [6.07, 6.45) is 6.91. The summed E-state index contributed by atoms with van der Waals surface area (Å²) in [5, 5.41) is 12.4. The van der Waals surface area contributed by atoms with E-state index >= 15 is 0 Å². The van der Waals surface area contributed by atoms with E-state index in [-0.39, 0.29) is 0 Å². The number of nitrogens with one attached hydrogen (secondary N) is 1. The number of hydrogen-bond donors (Lipinski definition) is 2. The summed E-state index contributed by atoms with van der Waals surface area (Å²) in [6, 6.07) is 3.81. The van der Waals surface area contributed by atoms with Crippen molar-refractivity contribution in [2.45, 2.75) is 37.8 Å². The number of carbonyl (C=O) groups is 1. The zero-order valence-electron chi connectivity index (χ0n) is 9.15. The lowest BCUT2D eigenvalue weighted by Gasteiger charge is -2.25. The summed E-state index contributed by atoms with van der Waals surface area (Å²) in [5.41, 5.74) is 0.311. The number of aromatic nitrogens is 1. The summed E-state index contributed by atoms with van der Waals surface area (Å²) in [5.74, 6) is -0.728. The summed E-state index contributed by atoms with van der Waals surface area (Å²) in [4.78, 5) is 15.3. The number of nitrogens with zero attached hydrogens (tertiary/aromatic N) is 1. The van der Waals surface area contributed by atoms with Crippen molar-refractivity contribution in [3.63, 3.8) is 0 Å². The Hall–Kier alpha value is -1.42. The molecule has 1 fully saturated rings. The largest absolute Gasteiger partial charge is 0.480 e. The van der Waals surface area contributed by atoms with E-state index in [1.54, 1.807) is 12.4 Å². The number of pyridine rings is 1. The monoisotopic (exact) mass is 220 g/mol. The van der Waals surface area contributed by atoms with Crippen LogP contribution in [0.25, 0.3) is 0 Å². The van der Waals surface area contributed by atoms with Gasteiger partial charge in [0.15, 0.2) is 0 Å². The molecule has 16 heavy (non-hydrogen) atoms. The minimum absolute atomic E-state index is 0.570. The van der Waals surface area contributed by atoms with Gasteiger partial charge in [0, 0.05) is 18.9 Å². The molecule has 0 radical (unpaired) electrons. The predicted molar refractivity (Wildman–Crippen MR) is 59.9 cm³/mol. The van der Waals surface area contributed by atoms with Crippen molar-refractivity contribution in [2.24, 2.45) is 0 Å². The molecule has 1 aromatic rings. The first-order valence-corrected chi connectivity index (χ1v) is 5.60. The van der Waals surface area contributed by atoms with Gasteiger partial charge in [-0.05, 0) is 24.5 Å². The van der Waals surface area contributed by atoms with Crippen molar-refractivity contribution < 1.29 is 9.90 Å². The Labute approximate surface area is 94.7 Å². The van der Waals surface area contributed by atoms with Gasteiger partial charge in [-0.2, -0.15) is 0 Å². The molecule has 1 saturated carbocycles. The molecule has 0 aliphatic heterocycles. The van der Waals surface area contributed by atoms with Crippen LogP contribution in [0.3, 0.4) is 0 Å². The van der Waals surface area contributed by atoms with Crippen LogP contribution in [0, 0.1) is 0 Å². The first-order chi connectivity index (χ1) is 7.73.